The lowest BCUT2D eigenvalue weighted by Gasteiger charge is -2.30. The fourth-order valence-electron chi connectivity index (χ4n) is 3.67. The lowest BCUT2D eigenvalue weighted by molar-refractivity contribution is -0.149. The van der Waals surface area contributed by atoms with Gasteiger partial charge in [-0.3, -0.25) is 23.7 Å². The normalized spacial score (nSPS) is 26.2. The number of benzene rings is 1. The Morgan fingerprint density at radius 1 is 1.35 bits per heavy atom. The molecule has 0 saturated carbocycles. The minimum atomic E-state index is -4.57. The van der Waals surface area contributed by atoms with E-state index in [4.69, 9.17) is 24.9 Å². The molecule has 2 aromatic rings. The van der Waals surface area contributed by atoms with E-state index in [0.717, 1.165) is 12.3 Å². The van der Waals surface area contributed by atoms with Crippen LogP contribution in [0.1, 0.15) is 27.0 Å². The standard InChI is InChI=1S/C23H27N6O10P/c1-5-22(34)19(32)23(27-28-24,38-20(22)29-12-11-17(30)25-21(29)33)13-36-40(35,39-16-9-7-6-8-10-16)26-15(4)18(31)37-14(2)3/h1,6-12,14-15,19-20,32,34H,13H2,2-4H3,(H,26,35)(H,25,30,33)/t15-,19-,20?,22+,23+,40?/m0/s1. The van der Waals surface area contributed by atoms with Crippen molar-refractivity contribution in [1.29, 1.82) is 0 Å². The molecule has 1 aromatic heterocycles. The molecule has 3 rings (SSSR count). The molecule has 0 bridgehead atoms. The molecule has 0 amide bonds. The molecule has 0 radical (unpaired) electrons. The summed E-state index contributed by atoms with van der Waals surface area (Å²) in [5.41, 5.74) is 2.10. The fourth-order valence-corrected chi connectivity index (χ4v) is 5.18. The Balaban J connectivity index is 1.99. The van der Waals surface area contributed by atoms with Gasteiger partial charge in [0.05, 0.1) is 12.7 Å². The number of nitrogens with zero attached hydrogens (tertiary/aromatic N) is 4. The third-order valence-electron chi connectivity index (χ3n) is 5.55. The topological polar surface area (TPSA) is 227 Å². The number of hydrogen-bond donors (Lipinski definition) is 4. The van der Waals surface area contributed by atoms with Crippen LogP contribution in [0.15, 0.2) is 57.3 Å². The van der Waals surface area contributed by atoms with Gasteiger partial charge in [-0.25, -0.2) is 9.36 Å². The van der Waals surface area contributed by atoms with E-state index in [1.807, 2.05) is 10.9 Å². The fraction of sp³-hybridized carbons (Fsp3) is 0.435. The number of rotatable bonds is 11. The van der Waals surface area contributed by atoms with Crippen LogP contribution in [-0.4, -0.2) is 61.9 Å². The number of carbonyl (C=O) groups excluding carboxylic acids is 1. The molecule has 4 N–H and O–H groups in total. The van der Waals surface area contributed by atoms with Crippen molar-refractivity contribution in [2.75, 3.05) is 6.61 Å². The van der Waals surface area contributed by atoms with Gasteiger partial charge in [0.1, 0.15) is 17.9 Å². The number of terminal acetylenes is 1. The molecule has 6 atom stereocenters. The number of aromatic amines is 1. The van der Waals surface area contributed by atoms with Crippen LogP contribution in [0.5, 0.6) is 5.75 Å². The van der Waals surface area contributed by atoms with Crippen LogP contribution in [0, 0.1) is 12.3 Å². The van der Waals surface area contributed by atoms with Crippen molar-refractivity contribution in [2.24, 2.45) is 5.11 Å². The van der Waals surface area contributed by atoms with Gasteiger partial charge in [-0.2, -0.15) is 5.09 Å². The van der Waals surface area contributed by atoms with Gasteiger partial charge in [-0.05, 0) is 38.4 Å². The maximum Gasteiger partial charge on any atom is 0.459 e. The van der Waals surface area contributed by atoms with Crippen molar-refractivity contribution >= 4 is 13.7 Å². The van der Waals surface area contributed by atoms with E-state index in [1.54, 1.807) is 32.0 Å². The van der Waals surface area contributed by atoms with Crippen molar-refractivity contribution in [3.05, 3.63) is 73.9 Å². The first-order valence-electron chi connectivity index (χ1n) is 11.7. The number of carbonyl (C=O) groups is 1. The lowest BCUT2D eigenvalue weighted by atomic mass is 9.92. The van der Waals surface area contributed by atoms with Crippen LogP contribution < -0.4 is 20.9 Å². The zero-order valence-electron chi connectivity index (χ0n) is 21.5. The molecular weight excluding hydrogens is 551 g/mol. The Labute approximate surface area is 227 Å². The van der Waals surface area contributed by atoms with Gasteiger partial charge >= 0.3 is 19.4 Å². The van der Waals surface area contributed by atoms with E-state index in [0.29, 0.717) is 4.57 Å². The number of hydrogen-bond acceptors (Lipinski definition) is 11. The molecule has 1 aliphatic heterocycles. The highest BCUT2D eigenvalue weighted by atomic mass is 31.2. The van der Waals surface area contributed by atoms with E-state index in [9.17, 15) is 34.7 Å². The van der Waals surface area contributed by atoms with Crippen molar-refractivity contribution in [2.45, 2.75) is 56.6 Å². The molecule has 0 spiro atoms. The smallest absolute Gasteiger partial charge is 0.459 e. The first-order valence-corrected chi connectivity index (χ1v) is 13.2. The van der Waals surface area contributed by atoms with E-state index in [2.05, 4.69) is 15.1 Å². The second-order valence-electron chi connectivity index (χ2n) is 8.91. The molecule has 214 valence electrons. The van der Waals surface area contributed by atoms with E-state index in [1.165, 1.54) is 19.1 Å². The highest BCUT2D eigenvalue weighted by Crippen LogP contribution is 2.50. The SMILES string of the molecule is C#C[C@]1(O)C(n2ccc(=O)[nH]c2=O)O[C@@](COP(=O)(N[C@@H](C)C(=O)OC(C)C)Oc2ccccc2)(N=[N+]=[N-])[C@H]1O. The van der Waals surface area contributed by atoms with Crippen LogP contribution in [0.2, 0.25) is 0 Å². The van der Waals surface area contributed by atoms with Gasteiger partial charge in [-0.15, -0.1) is 6.42 Å². The minimum absolute atomic E-state index is 0.0475. The van der Waals surface area contributed by atoms with Crippen molar-refractivity contribution in [3.63, 3.8) is 0 Å². The van der Waals surface area contributed by atoms with Gasteiger partial charge in [0, 0.05) is 17.2 Å². The van der Waals surface area contributed by atoms with Crippen LogP contribution in [-0.2, 0) is 23.4 Å². The summed E-state index contributed by atoms with van der Waals surface area (Å²) < 4.78 is 36.2. The van der Waals surface area contributed by atoms with Crippen LogP contribution >= 0.6 is 7.75 Å². The summed E-state index contributed by atoms with van der Waals surface area (Å²) in [6.07, 6.45) is 1.73. The first kappa shape index (κ1) is 30.6. The summed E-state index contributed by atoms with van der Waals surface area (Å²) in [6, 6.07) is 7.36. The maximum atomic E-state index is 13.8. The maximum absolute atomic E-state index is 13.8. The average Bonchev–Trinajstić information content (AvgIpc) is 3.11. The van der Waals surface area contributed by atoms with Gasteiger partial charge in [0.15, 0.2) is 11.8 Å². The third kappa shape index (κ3) is 6.44. The molecule has 2 heterocycles. The Hall–Kier alpha value is -3.93. The number of aliphatic hydroxyl groups is 2. The highest BCUT2D eigenvalue weighted by molar-refractivity contribution is 7.52. The second-order valence-corrected chi connectivity index (χ2v) is 10.6. The summed E-state index contributed by atoms with van der Waals surface area (Å²) in [5, 5.41) is 28.0. The molecule has 2 unspecified atom stereocenters. The number of nitrogens with one attached hydrogen (secondary N) is 2. The zero-order chi connectivity index (χ0) is 29.7. The van der Waals surface area contributed by atoms with E-state index >= 15 is 0 Å². The molecular formula is C23H27N6O10P. The molecule has 1 aromatic carbocycles. The van der Waals surface area contributed by atoms with Crippen molar-refractivity contribution in [3.8, 4) is 18.1 Å². The number of aromatic nitrogens is 2. The zero-order valence-corrected chi connectivity index (χ0v) is 22.4. The number of ether oxygens (including phenoxy) is 2. The number of H-pyrrole nitrogens is 1. The summed E-state index contributed by atoms with van der Waals surface area (Å²) in [5.74, 6) is 1.16. The van der Waals surface area contributed by atoms with Gasteiger partial charge in [0.25, 0.3) is 5.56 Å². The monoisotopic (exact) mass is 578 g/mol. The first-order chi connectivity index (χ1) is 18.8. The lowest BCUT2D eigenvalue weighted by Crippen LogP contribution is -2.52. The molecule has 1 saturated heterocycles. The summed E-state index contributed by atoms with van der Waals surface area (Å²) in [4.78, 5) is 40.8. The quantitative estimate of drug-likeness (QED) is 0.0732. The van der Waals surface area contributed by atoms with Crippen LogP contribution in [0.4, 0.5) is 0 Å². The number of esters is 1. The van der Waals surface area contributed by atoms with Gasteiger partial charge < -0.3 is 24.2 Å². The molecule has 40 heavy (non-hydrogen) atoms. The summed E-state index contributed by atoms with van der Waals surface area (Å²) in [7, 11) is -4.57. The predicted molar refractivity (Wildman–Crippen MR) is 138 cm³/mol. The third-order valence-corrected chi connectivity index (χ3v) is 7.18. The highest BCUT2D eigenvalue weighted by Gasteiger charge is 2.64. The summed E-state index contributed by atoms with van der Waals surface area (Å²) in [6.45, 7) is 3.48. The minimum Gasteiger partial charge on any atom is -0.462 e. The van der Waals surface area contributed by atoms with Gasteiger partial charge in [0.2, 0.25) is 5.72 Å². The Morgan fingerprint density at radius 3 is 2.60 bits per heavy atom. The predicted octanol–water partition coefficient (Wildman–Crippen LogP) is 0.931. The Morgan fingerprint density at radius 2 is 2.02 bits per heavy atom. The van der Waals surface area contributed by atoms with Crippen LogP contribution in [0.25, 0.3) is 10.4 Å². The van der Waals surface area contributed by atoms with Gasteiger partial charge in [-0.1, -0.05) is 29.2 Å². The second kappa shape index (κ2) is 12.1. The average molecular weight is 578 g/mol. The Kier molecular flexibility index (Phi) is 9.24. The molecule has 0 aliphatic carbocycles. The number of aliphatic hydroxyl groups excluding tert-OH is 1. The molecule has 1 aliphatic rings. The molecule has 1 fully saturated rings. The van der Waals surface area contributed by atoms with Crippen molar-refractivity contribution in [1.82, 2.24) is 14.6 Å². The van der Waals surface area contributed by atoms with Crippen LogP contribution in [0.3, 0.4) is 0 Å². The Bertz CT molecular complexity index is 1480. The van der Waals surface area contributed by atoms with E-state index in [-0.39, 0.29) is 5.75 Å². The number of azide groups is 1. The summed E-state index contributed by atoms with van der Waals surface area (Å²) >= 11 is 0. The van der Waals surface area contributed by atoms with Crippen molar-refractivity contribution < 1.29 is 38.1 Å². The van der Waals surface area contributed by atoms with E-state index < -0.39 is 67.4 Å². The largest absolute Gasteiger partial charge is 0.462 e. The molecule has 16 nitrogen and oxygen atoms in total. The number of para-hydroxylation sites is 1. The molecule has 17 heteroatoms.